The second-order valence-corrected chi connectivity index (χ2v) is 5.14. The molecule has 108 valence electrons. The Morgan fingerprint density at radius 3 is 2.74 bits per heavy atom. The van der Waals surface area contributed by atoms with Gasteiger partial charge in [0.1, 0.15) is 17.5 Å². The molecule has 1 aromatic carbocycles. The number of rotatable bonds is 1. The molecule has 0 saturated carbocycles. The second-order valence-electron chi connectivity index (χ2n) is 5.14. The Balaban J connectivity index is 1.76. The van der Waals surface area contributed by atoms with Crippen LogP contribution in [0.25, 0.3) is 44.6 Å². The number of nitrogens with zero attached hydrogens (tertiary/aromatic N) is 5. The first kappa shape index (κ1) is 12.2. The number of fused-ring (bicyclic) bond motifs is 4. The highest BCUT2D eigenvalue weighted by Gasteiger charge is 2.13. The highest BCUT2D eigenvalue weighted by atomic mass is 16.3. The van der Waals surface area contributed by atoms with Crippen molar-refractivity contribution in [3.05, 3.63) is 55.1 Å². The Bertz CT molecular complexity index is 1180. The van der Waals surface area contributed by atoms with Crippen molar-refractivity contribution in [2.24, 2.45) is 0 Å². The topological polar surface area (TPSA) is 77.6 Å². The summed E-state index contributed by atoms with van der Waals surface area (Å²) in [6.45, 7) is 0. The number of hydrogen-bond acceptors (Lipinski definition) is 6. The van der Waals surface area contributed by atoms with Gasteiger partial charge in [0.05, 0.1) is 23.6 Å². The third-order valence-corrected chi connectivity index (χ3v) is 3.71. The average molecular weight is 299 g/mol. The molecule has 0 radical (unpaired) electrons. The van der Waals surface area contributed by atoms with E-state index in [2.05, 4.69) is 24.9 Å². The molecule has 0 saturated heterocycles. The monoisotopic (exact) mass is 299 g/mol. The lowest BCUT2D eigenvalue weighted by Crippen LogP contribution is -1.90. The van der Waals surface area contributed by atoms with Gasteiger partial charge in [0, 0.05) is 5.39 Å². The van der Waals surface area contributed by atoms with E-state index in [1.165, 1.54) is 6.33 Å². The Hall–Kier alpha value is -3.41. The largest absolute Gasteiger partial charge is 0.433 e. The van der Waals surface area contributed by atoms with Crippen LogP contribution < -0.4 is 0 Å². The molecule has 4 heterocycles. The molecule has 0 aliphatic rings. The molecule has 0 atom stereocenters. The van der Waals surface area contributed by atoms with E-state index in [-0.39, 0.29) is 0 Å². The molecule has 5 rings (SSSR count). The maximum absolute atomic E-state index is 5.59. The van der Waals surface area contributed by atoms with Crippen LogP contribution in [0.4, 0.5) is 0 Å². The summed E-state index contributed by atoms with van der Waals surface area (Å²) in [5.74, 6) is 0. The summed E-state index contributed by atoms with van der Waals surface area (Å²) >= 11 is 0. The van der Waals surface area contributed by atoms with Crippen molar-refractivity contribution in [3.63, 3.8) is 0 Å². The molecule has 0 aliphatic carbocycles. The second kappa shape index (κ2) is 4.54. The summed E-state index contributed by atoms with van der Waals surface area (Å²) in [6, 6.07) is 11.9. The van der Waals surface area contributed by atoms with Crippen molar-refractivity contribution >= 4 is 33.2 Å². The zero-order chi connectivity index (χ0) is 15.2. The zero-order valence-electron chi connectivity index (χ0n) is 11.8. The lowest BCUT2D eigenvalue weighted by molar-refractivity contribution is 0.650. The molecule has 0 fully saturated rings. The number of para-hydroxylation sites is 1. The van der Waals surface area contributed by atoms with Crippen LogP contribution in [0.2, 0.25) is 0 Å². The maximum atomic E-state index is 5.59. The number of aromatic nitrogens is 5. The van der Waals surface area contributed by atoms with Crippen LogP contribution in [-0.4, -0.2) is 24.9 Å². The van der Waals surface area contributed by atoms with E-state index in [9.17, 15) is 0 Å². The van der Waals surface area contributed by atoms with Gasteiger partial charge >= 0.3 is 0 Å². The fraction of sp³-hybridized carbons (Fsp3) is 0. The van der Waals surface area contributed by atoms with Crippen LogP contribution in [0.5, 0.6) is 0 Å². The minimum absolute atomic E-state index is 0.449. The highest BCUT2D eigenvalue weighted by molar-refractivity contribution is 5.98. The summed E-state index contributed by atoms with van der Waals surface area (Å²) in [5.41, 5.74) is 4.67. The summed E-state index contributed by atoms with van der Waals surface area (Å²) in [7, 11) is 0. The Morgan fingerprint density at radius 1 is 0.783 bits per heavy atom. The van der Waals surface area contributed by atoms with Crippen LogP contribution in [0, 0.1) is 0 Å². The van der Waals surface area contributed by atoms with E-state index in [1.54, 1.807) is 12.4 Å². The van der Waals surface area contributed by atoms with Gasteiger partial charge in [-0.2, -0.15) is 0 Å². The van der Waals surface area contributed by atoms with Crippen molar-refractivity contribution in [1.29, 1.82) is 0 Å². The van der Waals surface area contributed by atoms with E-state index in [0.717, 1.165) is 16.6 Å². The van der Waals surface area contributed by atoms with Crippen molar-refractivity contribution in [2.75, 3.05) is 0 Å². The first-order valence-corrected chi connectivity index (χ1v) is 7.10. The highest BCUT2D eigenvalue weighted by Crippen LogP contribution is 2.26. The number of benzene rings is 1. The van der Waals surface area contributed by atoms with Gasteiger partial charge in [0.15, 0.2) is 11.1 Å². The van der Waals surface area contributed by atoms with E-state index >= 15 is 0 Å². The molecule has 0 spiro atoms. The molecule has 0 aliphatic heterocycles. The van der Waals surface area contributed by atoms with E-state index < -0.39 is 0 Å². The molecule has 0 amide bonds. The van der Waals surface area contributed by atoms with Gasteiger partial charge in [0.2, 0.25) is 5.71 Å². The lowest BCUT2D eigenvalue weighted by atomic mass is 10.2. The predicted molar refractivity (Wildman–Crippen MR) is 85.6 cm³/mol. The Morgan fingerprint density at radius 2 is 1.74 bits per heavy atom. The molecule has 6 heteroatoms. The summed E-state index contributed by atoms with van der Waals surface area (Å²) in [4.78, 5) is 21.8. The van der Waals surface area contributed by atoms with Gasteiger partial charge in [-0.1, -0.05) is 24.3 Å². The van der Waals surface area contributed by atoms with Crippen LogP contribution >= 0.6 is 0 Å². The van der Waals surface area contributed by atoms with E-state index in [1.807, 2.05) is 36.4 Å². The summed E-state index contributed by atoms with van der Waals surface area (Å²) in [6.07, 6.45) is 4.74. The normalized spacial score (nSPS) is 11.5. The first-order valence-electron chi connectivity index (χ1n) is 7.10. The minimum atomic E-state index is 0.449. The molecule has 4 aromatic heterocycles. The van der Waals surface area contributed by atoms with Crippen LogP contribution in [0.3, 0.4) is 0 Å². The fourth-order valence-electron chi connectivity index (χ4n) is 2.61. The van der Waals surface area contributed by atoms with Crippen LogP contribution in [0.1, 0.15) is 0 Å². The molecular formula is C17H9N5O. The third-order valence-electron chi connectivity index (χ3n) is 3.71. The summed E-state index contributed by atoms with van der Waals surface area (Å²) in [5, 5.41) is 1.09. The first-order chi connectivity index (χ1) is 11.4. The predicted octanol–water partition coefficient (Wildman–Crippen LogP) is 3.38. The SMILES string of the molecule is c1ccc2nc(-c3cnc4oc5cncnc5c4n3)ccc2c1. The van der Waals surface area contributed by atoms with Crippen LogP contribution in [-0.2, 0) is 0 Å². The fourth-order valence-corrected chi connectivity index (χ4v) is 2.61. The van der Waals surface area contributed by atoms with Crippen molar-refractivity contribution in [1.82, 2.24) is 24.9 Å². The van der Waals surface area contributed by atoms with Gasteiger partial charge in [-0.15, -0.1) is 0 Å². The minimum Gasteiger partial charge on any atom is -0.433 e. The summed E-state index contributed by atoms with van der Waals surface area (Å²) < 4.78 is 5.59. The zero-order valence-corrected chi connectivity index (χ0v) is 11.8. The molecule has 0 N–H and O–H groups in total. The standard InChI is InChI=1S/C17H9N5O/c1-2-4-11-10(3-1)5-6-12(21-11)13-7-19-17-16(22-13)15-14(23-17)8-18-9-20-15/h1-9H. The van der Waals surface area contributed by atoms with Crippen LogP contribution in [0.15, 0.2) is 59.5 Å². The van der Waals surface area contributed by atoms with Gasteiger partial charge < -0.3 is 4.42 Å². The quantitative estimate of drug-likeness (QED) is 0.472. The van der Waals surface area contributed by atoms with E-state index in [0.29, 0.717) is 28.0 Å². The molecule has 6 nitrogen and oxygen atoms in total. The number of hydrogen-bond donors (Lipinski definition) is 0. The van der Waals surface area contributed by atoms with Crippen molar-refractivity contribution in [3.8, 4) is 11.4 Å². The lowest BCUT2D eigenvalue weighted by Gasteiger charge is -2.02. The Labute approximate surface area is 129 Å². The van der Waals surface area contributed by atoms with Gasteiger partial charge in [-0.25, -0.2) is 24.9 Å². The molecular weight excluding hydrogens is 290 g/mol. The number of pyridine rings is 1. The van der Waals surface area contributed by atoms with Gasteiger partial charge in [0.25, 0.3) is 0 Å². The van der Waals surface area contributed by atoms with Gasteiger partial charge in [-0.3, -0.25) is 0 Å². The third kappa shape index (κ3) is 1.85. The van der Waals surface area contributed by atoms with E-state index in [4.69, 9.17) is 4.42 Å². The molecule has 0 unspecified atom stereocenters. The Kier molecular flexibility index (Phi) is 2.40. The molecule has 5 aromatic rings. The van der Waals surface area contributed by atoms with Crippen molar-refractivity contribution < 1.29 is 4.42 Å². The van der Waals surface area contributed by atoms with Gasteiger partial charge in [-0.05, 0) is 12.1 Å². The maximum Gasteiger partial charge on any atom is 0.248 e. The van der Waals surface area contributed by atoms with Crippen molar-refractivity contribution in [2.45, 2.75) is 0 Å². The molecule has 0 bridgehead atoms. The smallest absolute Gasteiger partial charge is 0.248 e. The number of furan rings is 1. The molecule has 23 heavy (non-hydrogen) atoms. The average Bonchev–Trinajstić information content (AvgIpc) is 2.99.